The van der Waals surface area contributed by atoms with E-state index in [1.807, 2.05) is 31.2 Å². The molecule has 0 unspecified atom stereocenters. The molecule has 0 radical (unpaired) electrons. The van der Waals surface area contributed by atoms with Gasteiger partial charge in [-0.25, -0.2) is 14.4 Å². The van der Waals surface area contributed by atoms with Crippen LogP contribution in [0.2, 0.25) is 0 Å². The first-order valence-electron chi connectivity index (χ1n) is 7.50. The molecule has 0 bridgehead atoms. The lowest BCUT2D eigenvalue weighted by Crippen LogP contribution is -2.15. The molecule has 0 aliphatic carbocycles. The number of nitrogens with zero attached hydrogens (tertiary/aromatic N) is 2. The molecular formula is C19H16FN3O. The Morgan fingerprint density at radius 3 is 2.29 bits per heavy atom. The maximum absolute atomic E-state index is 12.9. The molecule has 0 aliphatic rings. The van der Waals surface area contributed by atoms with Crippen molar-refractivity contribution in [2.45, 2.75) is 13.8 Å². The first-order chi connectivity index (χ1) is 11.5. The lowest BCUT2D eigenvalue weighted by Gasteiger charge is -2.08. The minimum Gasteiger partial charge on any atom is -0.322 e. The third-order valence-corrected chi connectivity index (χ3v) is 3.64. The highest BCUT2D eigenvalue weighted by molar-refractivity contribution is 6.04. The van der Waals surface area contributed by atoms with E-state index in [2.05, 4.69) is 15.3 Å². The van der Waals surface area contributed by atoms with Gasteiger partial charge in [0.05, 0.1) is 11.3 Å². The van der Waals surface area contributed by atoms with Crippen LogP contribution in [0, 0.1) is 19.7 Å². The van der Waals surface area contributed by atoms with Gasteiger partial charge in [0.25, 0.3) is 5.91 Å². The van der Waals surface area contributed by atoms with Crippen molar-refractivity contribution >= 4 is 11.6 Å². The molecule has 24 heavy (non-hydrogen) atoms. The van der Waals surface area contributed by atoms with Gasteiger partial charge in [-0.1, -0.05) is 29.8 Å². The molecule has 1 aromatic heterocycles. The molecule has 1 heterocycles. The highest BCUT2D eigenvalue weighted by atomic mass is 19.1. The molecule has 1 amide bonds. The number of carbonyl (C=O) groups excluding carboxylic acids is 1. The van der Waals surface area contributed by atoms with Crippen LogP contribution in [0.15, 0.2) is 54.7 Å². The number of rotatable bonds is 3. The quantitative estimate of drug-likeness (QED) is 0.788. The second-order valence-corrected chi connectivity index (χ2v) is 5.52. The molecule has 3 rings (SSSR count). The van der Waals surface area contributed by atoms with E-state index >= 15 is 0 Å². The first-order valence-corrected chi connectivity index (χ1v) is 7.50. The molecule has 1 N–H and O–H groups in total. The second-order valence-electron chi connectivity index (χ2n) is 5.52. The fourth-order valence-corrected chi connectivity index (χ4v) is 2.26. The second kappa shape index (κ2) is 6.58. The van der Waals surface area contributed by atoms with Crippen LogP contribution >= 0.6 is 0 Å². The summed E-state index contributed by atoms with van der Waals surface area (Å²) in [6, 6.07) is 13.5. The zero-order chi connectivity index (χ0) is 17.1. The number of benzene rings is 2. The van der Waals surface area contributed by atoms with Crippen LogP contribution in [0.5, 0.6) is 0 Å². The van der Waals surface area contributed by atoms with Crippen molar-refractivity contribution in [1.82, 2.24) is 9.97 Å². The zero-order valence-corrected chi connectivity index (χ0v) is 13.4. The third-order valence-electron chi connectivity index (χ3n) is 3.64. The summed E-state index contributed by atoms with van der Waals surface area (Å²) in [5.74, 6) is -0.102. The van der Waals surface area contributed by atoms with E-state index in [1.165, 1.54) is 30.5 Å². The summed E-state index contributed by atoms with van der Waals surface area (Å²) in [5.41, 5.74) is 3.54. The molecule has 0 spiro atoms. The Bertz CT molecular complexity index is 874. The van der Waals surface area contributed by atoms with Crippen molar-refractivity contribution < 1.29 is 9.18 Å². The predicted molar refractivity (Wildman–Crippen MR) is 91.3 cm³/mol. The number of anilines is 1. The summed E-state index contributed by atoms with van der Waals surface area (Å²) in [6.07, 6.45) is 1.51. The van der Waals surface area contributed by atoms with Crippen molar-refractivity contribution in [1.29, 1.82) is 0 Å². The van der Waals surface area contributed by atoms with Crippen LogP contribution in [0.1, 0.15) is 21.6 Å². The van der Waals surface area contributed by atoms with E-state index in [4.69, 9.17) is 0 Å². The summed E-state index contributed by atoms with van der Waals surface area (Å²) in [6.45, 7) is 3.78. The van der Waals surface area contributed by atoms with Crippen molar-refractivity contribution in [2.24, 2.45) is 0 Å². The van der Waals surface area contributed by atoms with Gasteiger partial charge >= 0.3 is 0 Å². The Morgan fingerprint density at radius 1 is 1.00 bits per heavy atom. The summed E-state index contributed by atoms with van der Waals surface area (Å²) < 4.78 is 12.9. The van der Waals surface area contributed by atoms with E-state index in [0.717, 1.165) is 11.1 Å². The Morgan fingerprint density at radius 2 is 1.67 bits per heavy atom. The van der Waals surface area contributed by atoms with Gasteiger partial charge in [-0.15, -0.1) is 0 Å². The maximum Gasteiger partial charge on any atom is 0.259 e. The average Bonchev–Trinajstić information content (AvgIpc) is 2.57. The van der Waals surface area contributed by atoms with Crippen LogP contribution in [0.25, 0.3) is 11.4 Å². The fourth-order valence-electron chi connectivity index (χ4n) is 2.26. The normalized spacial score (nSPS) is 10.5. The highest BCUT2D eigenvalue weighted by Gasteiger charge is 2.13. The standard InChI is InChI=1S/C19H16FN3O/c1-12-3-5-14(6-4-12)18-21-11-17(13(2)22-18)19(24)23-16-9-7-15(20)8-10-16/h3-11H,1-2H3,(H,23,24). The van der Waals surface area contributed by atoms with Crippen LogP contribution in [0.3, 0.4) is 0 Å². The fraction of sp³-hybridized carbons (Fsp3) is 0.105. The topological polar surface area (TPSA) is 54.9 Å². The number of amides is 1. The van der Waals surface area contributed by atoms with Crippen molar-refractivity contribution in [3.05, 3.63) is 77.4 Å². The smallest absolute Gasteiger partial charge is 0.259 e. The Hall–Kier alpha value is -3.08. The van der Waals surface area contributed by atoms with Crippen LogP contribution in [-0.4, -0.2) is 15.9 Å². The molecule has 120 valence electrons. The van der Waals surface area contributed by atoms with E-state index in [9.17, 15) is 9.18 Å². The number of halogens is 1. The van der Waals surface area contributed by atoms with E-state index < -0.39 is 0 Å². The summed E-state index contributed by atoms with van der Waals surface area (Å²) in [5, 5.41) is 2.71. The largest absolute Gasteiger partial charge is 0.322 e. The molecular weight excluding hydrogens is 305 g/mol. The molecule has 5 heteroatoms. The van der Waals surface area contributed by atoms with E-state index in [-0.39, 0.29) is 11.7 Å². The van der Waals surface area contributed by atoms with Gasteiger partial charge < -0.3 is 5.32 Å². The molecule has 0 aliphatic heterocycles. The Balaban J connectivity index is 1.82. The average molecular weight is 321 g/mol. The van der Waals surface area contributed by atoms with Crippen molar-refractivity contribution in [3.8, 4) is 11.4 Å². The van der Waals surface area contributed by atoms with Gasteiger partial charge in [-0.05, 0) is 38.1 Å². The zero-order valence-electron chi connectivity index (χ0n) is 13.4. The van der Waals surface area contributed by atoms with Crippen LogP contribution < -0.4 is 5.32 Å². The predicted octanol–water partition coefficient (Wildman–Crippen LogP) is 4.15. The number of aryl methyl sites for hydroxylation is 2. The van der Waals surface area contributed by atoms with Gasteiger partial charge in [-0.2, -0.15) is 0 Å². The number of carbonyl (C=O) groups is 1. The number of hydrogen-bond donors (Lipinski definition) is 1. The number of aromatic nitrogens is 2. The number of nitrogens with one attached hydrogen (secondary N) is 1. The maximum atomic E-state index is 12.9. The highest BCUT2D eigenvalue weighted by Crippen LogP contribution is 2.18. The lowest BCUT2D eigenvalue weighted by molar-refractivity contribution is 0.102. The molecule has 0 saturated carbocycles. The monoisotopic (exact) mass is 321 g/mol. The van der Waals surface area contributed by atoms with Crippen molar-refractivity contribution in [2.75, 3.05) is 5.32 Å². The molecule has 4 nitrogen and oxygen atoms in total. The SMILES string of the molecule is Cc1ccc(-c2ncc(C(=O)Nc3ccc(F)cc3)c(C)n2)cc1. The molecule has 0 saturated heterocycles. The van der Waals surface area contributed by atoms with Gasteiger partial charge in [0.15, 0.2) is 5.82 Å². The molecule has 3 aromatic rings. The van der Waals surface area contributed by atoms with Crippen LogP contribution in [-0.2, 0) is 0 Å². The summed E-state index contributed by atoms with van der Waals surface area (Å²) in [4.78, 5) is 21.0. The van der Waals surface area contributed by atoms with E-state index in [1.54, 1.807) is 6.92 Å². The molecule has 0 atom stereocenters. The van der Waals surface area contributed by atoms with Gasteiger partial charge in [0.2, 0.25) is 0 Å². The lowest BCUT2D eigenvalue weighted by atomic mass is 10.1. The van der Waals surface area contributed by atoms with Gasteiger partial charge in [0.1, 0.15) is 5.82 Å². The minimum absolute atomic E-state index is 0.324. The number of hydrogen-bond acceptors (Lipinski definition) is 3. The van der Waals surface area contributed by atoms with E-state index in [0.29, 0.717) is 22.8 Å². The molecule has 0 fully saturated rings. The summed E-state index contributed by atoms with van der Waals surface area (Å²) in [7, 11) is 0. The third kappa shape index (κ3) is 3.46. The molecule has 2 aromatic carbocycles. The Kier molecular flexibility index (Phi) is 4.33. The van der Waals surface area contributed by atoms with Crippen molar-refractivity contribution in [3.63, 3.8) is 0 Å². The van der Waals surface area contributed by atoms with Crippen LogP contribution in [0.4, 0.5) is 10.1 Å². The Labute approximate surface area is 139 Å². The first kappa shape index (κ1) is 15.8. The minimum atomic E-state index is -0.352. The summed E-state index contributed by atoms with van der Waals surface area (Å²) >= 11 is 0. The van der Waals surface area contributed by atoms with Gasteiger partial charge in [0, 0.05) is 17.4 Å². The van der Waals surface area contributed by atoms with Gasteiger partial charge in [-0.3, -0.25) is 4.79 Å².